The molecule has 0 aliphatic rings. The van der Waals surface area contributed by atoms with E-state index in [1.165, 1.54) is 13.2 Å². The molecule has 21 heavy (non-hydrogen) atoms. The summed E-state index contributed by atoms with van der Waals surface area (Å²) in [4.78, 5) is 22.3. The Hall–Kier alpha value is -2.11. The van der Waals surface area contributed by atoms with Crippen LogP contribution in [0.15, 0.2) is 18.2 Å². The van der Waals surface area contributed by atoms with Gasteiger partial charge in [0.25, 0.3) is 0 Å². The summed E-state index contributed by atoms with van der Waals surface area (Å²) in [6.07, 6.45) is 1.85. The van der Waals surface area contributed by atoms with E-state index in [2.05, 4.69) is 10.1 Å². The van der Waals surface area contributed by atoms with E-state index in [0.29, 0.717) is 19.3 Å². The SMILES string of the molecule is CCOC(=O)Nc1cc(CCCCC(=O)OC)ccc1F. The molecule has 6 heteroatoms. The largest absolute Gasteiger partial charge is 0.469 e. The van der Waals surface area contributed by atoms with Crippen LogP contribution < -0.4 is 5.32 Å². The summed E-state index contributed by atoms with van der Waals surface area (Å²) in [6, 6.07) is 4.53. The summed E-state index contributed by atoms with van der Waals surface area (Å²) in [6.45, 7) is 1.90. The number of nitrogens with one attached hydrogen (secondary N) is 1. The number of halogens is 1. The van der Waals surface area contributed by atoms with Gasteiger partial charge in [-0.05, 0) is 43.9 Å². The van der Waals surface area contributed by atoms with Crippen LogP contribution in [-0.4, -0.2) is 25.8 Å². The molecular formula is C15H20FNO4. The molecule has 0 saturated carbocycles. The monoisotopic (exact) mass is 297 g/mol. The van der Waals surface area contributed by atoms with E-state index in [0.717, 1.165) is 12.0 Å². The predicted octanol–water partition coefficient (Wildman–Crippen LogP) is 3.28. The van der Waals surface area contributed by atoms with E-state index < -0.39 is 11.9 Å². The third-order valence-corrected chi connectivity index (χ3v) is 2.87. The highest BCUT2D eigenvalue weighted by Crippen LogP contribution is 2.18. The number of carbonyl (C=O) groups is 2. The third kappa shape index (κ3) is 6.25. The Bertz CT molecular complexity index is 491. The van der Waals surface area contributed by atoms with Gasteiger partial charge in [0.1, 0.15) is 5.82 Å². The van der Waals surface area contributed by atoms with Crippen LogP contribution in [0.4, 0.5) is 14.9 Å². The van der Waals surface area contributed by atoms with Crippen LogP contribution in [0.25, 0.3) is 0 Å². The molecule has 0 aliphatic heterocycles. The fourth-order valence-electron chi connectivity index (χ4n) is 1.80. The van der Waals surface area contributed by atoms with Crippen LogP contribution in [0.5, 0.6) is 0 Å². The van der Waals surface area contributed by atoms with Gasteiger partial charge in [0.15, 0.2) is 0 Å². The van der Waals surface area contributed by atoms with Crippen molar-refractivity contribution in [3.63, 3.8) is 0 Å². The normalized spacial score (nSPS) is 10.0. The zero-order valence-electron chi connectivity index (χ0n) is 12.3. The Balaban J connectivity index is 2.52. The topological polar surface area (TPSA) is 64.6 Å². The van der Waals surface area contributed by atoms with E-state index in [1.807, 2.05) is 0 Å². The van der Waals surface area contributed by atoms with Crippen molar-refractivity contribution in [2.45, 2.75) is 32.6 Å². The first-order valence-electron chi connectivity index (χ1n) is 6.85. The number of unbranched alkanes of at least 4 members (excludes halogenated alkanes) is 1. The maximum atomic E-state index is 13.6. The minimum Gasteiger partial charge on any atom is -0.469 e. The highest BCUT2D eigenvalue weighted by molar-refractivity contribution is 5.84. The van der Waals surface area contributed by atoms with Crippen molar-refractivity contribution in [2.24, 2.45) is 0 Å². The maximum Gasteiger partial charge on any atom is 0.411 e. The van der Waals surface area contributed by atoms with Crippen LogP contribution >= 0.6 is 0 Å². The molecule has 0 bridgehead atoms. The average Bonchev–Trinajstić information content (AvgIpc) is 2.46. The fraction of sp³-hybridized carbons (Fsp3) is 0.467. The zero-order valence-corrected chi connectivity index (χ0v) is 12.3. The molecule has 0 saturated heterocycles. The van der Waals surface area contributed by atoms with E-state index in [4.69, 9.17) is 4.74 Å². The van der Waals surface area contributed by atoms with Gasteiger partial charge in [0, 0.05) is 6.42 Å². The van der Waals surface area contributed by atoms with E-state index in [-0.39, 0.29) is 18.3 Å². The Morgan fingerprint density at radius 2 is 2.05 bits per heavy atom. The second-order valence-corrected chi connectivity index (χ2v) is 4.44. The van der Waals surface area contributed by atoms with Gasteiger partial charge in [-0.3, -0.25) is 10.1 Å². The summed E-state index contributed by atoms with van der Waals surface area (Å²) in [5.41, 5.74) is 0.979. The van der Waals surface area contributed by atoms with Gasteiger partial charge in [0.05, 0.1) is 19.4 Å². The Labute approximate surface area is 123 Å². The smallest absolute Gasteiger partial charge is 0.411 e. The molecule has 1 amide bonds. The number of benzene rings is 1. The summed E-state index contributed by atoms with van der Waals surface area (Å²) in [5.74, 6) is -0.750. The van der Waals surface area contributed by atoms with Crippen LogP contribution in [0.3, 0.4) is 0 Å². The van der Waals surface area contributed by atoms with E-state index >= 15 is 0 Å². The lowest BCUT2D eigenvalue weighted by molar-refractivity contribution is -0.140. The first kappa shape index (κ1) is 16.9. The number of amides is 1. The van der Waals surface area contributed by atoms with Gasteiger partial charge in [-0.1, -0.05) is 6.07 Å². The standard InChI is InChI=1S/C15H20FNO4/c1-3-21-15(19)17-13-10-11(8-9-12(13)16)6-4-5-7-14(18)20-2/h8-10H,3-7H2,1-2H3,(H,17,19). The number of anilines is 1. The summed E-state index contributed by atoms with van der Waals surface area (Å²) < 4.78 is 22.8. The van der Waals surface area contributed by atoms with Crippen molar-refractivity contribution in [3.8, 4) is 0 Å². The van der Waals surface area contributed by atoms with Crippen molar-refractivity contribution in [1.29, 1.82) is 0 Å². The molecule has 0 aromatic heterocycles. The van der Waals surface area contributed by atoms with Gasteiger partial charge in [-0.25, -0.2) is 9.18 Å². The maximum absolute atomic E-state index is 13.6. The quantitative estimate of drug-likeness (QED) is 0.619. The number of hydrogen-bond donors (Lipinski definition) is 1. The molecule has 0 atom stereocenters. The minimum atomic E-state index is -0.681. The number of aryl methyl sites for hydroxylation is 1. The predicted molar refractivity (Wildman–Crippen MR) is 76.6 cm³/mol. The lowest BCUT2D eigenvalue weighted by atomic mass is 10.1. The number of rotatable bonds is 7. The van der Waals surface area contributed by atoms with E-state index in [9.17, 15) is 14.0 Å². The molecule has 0 fully saturated rings. The first-order chi connectivity index (χ1) is 10.1. The molecule has 1 rings (SSSR count). The molecule has 0 aliphatic carbocycles. The van der Waals surface area contributed by atoms with Crippen molar-refractivity contribution < 1.29 is 23.5 Å². The summed E-state index contributed by atoms with van der Waals surface area (Å²) in [5, 5.41) is 2.36. The zero-order chi connectivity index (χ0) is 15.7. The van der Waals surface area contributed by atoms with Crippen LogP contribution in [0.2, 0.25) is 0 Å². The van der Waals surface area contributed by atoms with Crippen molar-refractivity contribution in [2.75, 3.05) is 19.0 Å². The lowest BCUT2D eigenvalue weighted by Gasteiger charge is -2.08. The lowest BCUT2D eigenvalue weighted by Crippen LogP contribution is -2.14. The Morgan fingerprint density at radius 1 is 1.29 bits per heavy atom. The van der Waals surface area contributed by atoms with Gasteiger partial charge >= 0.3 is 12.1 Å². The fourth-order valence-corrected chi connectivity index (χ4v) is 1.80. The van der Waals surface area contributed by atoms with Crippen LogP contribution in [0, 0.1) is 5.82 Å². The van der Waals surface area contributed by atoms with Gasteiger partial charge in [-0.2, -0.15) is 0 Å². The highest BCUT2D eigenvalue weighted by atomic mass is 19.1. The van der Waals surface area contributed by atoms with Crippen molar-refractivity contribution >= 4 is 17.7 Å². The summed E-state index contributed by atoms with van der Waals surface area (Å²) >= 11 is 0. The van der Waals surface area contributed by atoms with Crippen LogP contribution in [0.1, 0.15) is 31.7 Å². The van der Waals surface area contributed by atoms with Gasteiger partial charge in [-0.15, -0.1) is 0 Å². The van der Waals surface area contributed by atoms with Gasteiger partial charge < -0.3 is 9.47 Å². The second kappa shape index (κ2) is 8.94. The second-order valence-electron chi connectivity index (χ2n) is 4.44. The third-order valence-electron chi connectivity index (χ3n) is 2.87. The molecule has 1 aromatic rings. The molecule has 0 unspecified atom stereocenters. The number of methoxy groups -OCH3 is 1. The summed E-state index contributed by atoms with van der Waals surface area (Å²) in [7, 11) is 1.36. The average molecular weight is 297 g/mol. The van der Waals surface area contributed by atoms with Crippen LogP contribution in [-0.2, 0) is 20.7 Å². The molecule has 0 radical (unpaired) electrons. The molecule has 116 valence electrons. The van der Waals surface area contributed by atoms with Crippen molar-refractivity contribution in [3.05, 3.63) is 29.6 Å². The Morgan fingerprint density at radius 3 is 2.71 bits per heavy atom. The number of hydrogen-bond acceptors (Lipinski definition) is 4. The molecule has 0 spiro atoms. The Kier molecular flexibility index (Phi) is 7.21. The molecule has 1 N–H and O–H groups in total. The molecular weight excluding hydrogens is 277 g/mol. The highest BCUT2D eigenvalue weighted by Gasteiger charge is 2.08. The number of ether oxygens (including phenoxy) is 2. The van der Waals surface area contributed by atoms with E-state index in [1.54, 1.807) is 19.1 Å². The number of esters is 1. The molecule has 5 nitrogen and oxygen atoms in total. The van der Waals surface area contributed by atoms with Gasteiger partial charge in [0.2, 0.25) is 0 Å². The molecule has 1 aromatic carbocycles. The first-order valence-corrected chi connectivity index (χ1v) is 6.85. The van der Waals surface area contributed by atoms with Crippen molar-refractivity contribution in [1.82, 2.24) is 0 Å². The number of carbonyl (C=O) groups excluding carboxylic acids is 2. The molecule has 0 heterocycles. The minimum absolute atomic E-state index is 0.0962.